The van der Waals surface area contributed by atoms with Crippen molar-refractivity contribution < 1.29 is 14.3 Å². The first kappa shape index (κ1) is 29.8. The van der Waals surface area contributed by atoms with Crippen LogP contribution in [-0.4, -0.2) is 50.1 Å². The molecule has 0 spiro atoms. The monoisotopic (exact) mass is 602 g/mol. The van der Waals surface area contributed by atoms with Crippen molar-refractivity contribution in [1.29, 1.82) is 0 Å². The van der Waals surface area contributed by atoms with Gasteiger partial charge in [-0.2, -0.15) is 5.10 Å². The number of primary amides is 1. The number of ether oxygens (including phenoxy) is 1. The van der Waals surface area contributed by atoms with Crippen molar-refractivity contribution in [2.75, 3.05) is 5.32 Å². The van der Waals surface area contributed by atoms with Crippen LogP contribution in [0.3, 0.4) is 0 Å². The van der Waals surface area contributed by atoms with Crippen LogP contribution in [-0.2, 0) is 4.74 Å². The minimum Gasteiger partial charge on any atom is -0.444 e. The maximum Gasteiger partial charge on any atom is 0.407 e. The summed E-state index contributed by atoms with van der Waals surface area (Å²) in [6, 6.07) is 10.9. The highest BCUT2D eigenvalue weighted by Crippen LogP contribution is 2.33. The predicted octanol–water partition coefficient (Wildman–Crippen LogP) is 5.35. The van der Waals surface area contributed by atoms with E-state index in [0.29, 0.717) is 22.7 Å². The molecule has 12 heteroatoms. The van der Waals surface area contributed by atoms with Crippen LogP contribution in [0.15, 0.2) is 60.0 Å². The van der Waals surface area contributed by atoms with Gasteiger partial charge in [0.25, 0.3) is 5.91 Å². The summed E-state index contributed by atoms with van der Waals surface area (Å²) in [6.45, 7) is 7.41. The van der Waals surface area contributed by atoms with Crippen LogP contribution in [0.4, 0.5) is 16.2 Å². The summed E-state index contributed by atoms with van der Waals surface area (Å²) in [5.41, 5.74) is 16.8. The summed E-state index contributed by atoms with van der Waals surface area (Å²) in [4.78, 5) is 32.8. The number of fused-ring (bicyclic) bond motifs is 1. The molecule has 43 heavy (non-hydrogen) atoms. The second kappa shape index (κ2) is 11.9. The van der Waals surface area contributed by atoms with E-state index < -0.39 is 17.6 Å². The van der Waals surface area contributed by atoms with E-state index in [-0.39, 0.29) is 23.6 Å². The summed E-state index contributed by atoms with van der Waals surface area (Å²) in [5, 5.41) is 11.8. The van der Waals surface area contributed by atoms with Gasteiger partial charge in [-0.15, -0.1) is 0 Å². The molecule has 1 aliphatic carbocycles. The number of aliphatic imine (C=N–C) groups is 1. The molecule has 5 rings (SSSR count). The lowest BCUT2D eigenvalue weighted by Gasteiger charge is -2.22. The summed E-state index contributed by atoms with van der Waals surface area (Å²) in [7, 11) is 0. The maximum absolute atomic E-state index is 12.4. The van der Waals surface area contributed by atoms with Gasteiger partial charge in [-0.25, -0.2) is 14.3 Å². The molecule has 1 fully saturated rings. The number of amidine groups is 1. The van der Waals surface area contributed by atoms with E-state index in [2.05, 4.69) is 25.7 Å². The maximum atomic E-state index is 12.4. The van der Waals surface area contributed by atoms with Crippen LogP contribution in [0.2, 0.25) is 5.02 Å². The van der Waals surface area contributed by atoms with Crippen molar-refractivity contribution in [1.82, 2.24) is 19.9 Å². The molecule has 2 amide bonds. The van der Waals surface area contributed by atoms with Crippen LogP contribution in [0.1, 0.15) is 61.6 Å². The third-order valence-corrected chi connectivity index (χ3v) is 7.50. The standard InChI is InChI=1S/C31H35ClN8O3/c1-17-11-25(29(34)41)35-14-21(17)18-12-26-27(37-19-9-10-20(13-19)38-30(42)43-31(2,3)4)22(15-36-40(26)16-18)28(33)39-24-8-6-5-7-23(24)32/h5-8,11-12,14-16,19-20,37H,9-10,13H2,1-4H3,(H2,33,39)(H2,34,41)(H,38,42)/t19-,20+/m1/s1. The number of nitrogens with zero attached hydrogens (tertiary/aromatic N) is 4. The van der Waals surface area contributed by atoms with E-state index in [9.17, 15) is 9.59 Å². The highest BCUT2D eigenvalue weighted by Gasteiger charge is 2.29. The van der Waals surface area contributed by atoms with E-state index in [1.54, 1.807) is 35.1 Å². The lowest BCUT2D eigenvalue weighted by Crippen LogP contribution is -2.38. The second-order valence-corrected chi connectivity index (χ2v) is 12.1. The molecule has 1 aliphatic rings. The van der Waals surface area contributed by atoms with Gasteiger partial charge < -0.3 is 26.8 Å². The molecule has 0 saturated heterocycles. The van der Waals surface area contributed by atoms with E-state index in [1.165, 1.54) is 0 Å². The average Bonchev–Trinajstić information content (AvgIpc) is 3.55. The SMILES string of the molecule is Cc1cc(C(N)=O)ncc1-c1cc2c(N[C@@H]3CC[C@H](NC(=O)OC(C)(C)C)C3)c(C(N)=Nc3ccccc3Cl)cnn2c1. The summed E-state index contributed by atoms with van der Waals surface area (Å²) in [5.74, 6) is -0.336. The highest BCUT2D eigenvalue weighted by molar-refractivity contribution is 6.33. The number of aromatic nitrogens is 3. The predicted molar refractivity (Wildman–Crippen MR) is 168 cm³/mol. The number of hydrogen-bond donors (Lipinski definition) is 4. The molecule has 1 saturated carbocycles. The normalized spacial score (nSPS) is 17.2. The van der Waals surface area contributed by atoms with Crippen molar-refractivity contribution in [3.8, 4) is 11.1 Å². The number of para-hydroxylation sites is 1. The van der Waals surface area contributed by atoms with Crippen LogP contribution >= 0.6 is 11.6 Å². The number of aryl methyl sites for hydroxylation is 1. The molecule has 0 aliphatic heterocycles. The molecule has 1 aromatic carbocycles. The lowest BCUT2D eigenvalue weighted by molar-refractivity contribution is 0.0505. The number of benzene rings is 1. The van der Waals surface area contributed by atoms with E-state index in [1.807, 2.05) is 52.1 Å². The zero-order valence-electron chi connectivity index (χ0n) is 24.5. The Hall–Kier alpha value is -4.64. The van der Waals surface area contributed by atoms with Crippen LogP contribution < -0.4 is 22.1 Å². The van der Waals surface area contributed by atoms with Gasteiger partial charge in [0, 0.05) is 35.6 Å². The highest BCUT2D eigenvalue weighted by atomic mass is 35.5. The third-order valence-electron chi connectivity index (χ3n) is 7.18. The molecular weight excluding hydrogens is 568 g/mol. The molecule has 3 aromatic heterocycles. The number of hydrogen-bond acceptors (Lipinski definition) is 7. The number of nitrogens with two attached hydrogens (primary N) is 2. The zero-order valence-corrected chi connectivity index (χ0v) is 25.3. The van der Waals surface area contributed by atoms with Crippen molar-refractivity contribution in [3.05, 3.63) is 76.8 Å². The van der Waals surface area contributed by atoms with Gasteiger partial charge in [-0.3, -0.25) is 9.78 Å². The summed E-state index contributed by atoms with van der Waals surface area (Å²) >= 11 is 6.36. The fourth-order valence-corrected chi connectivity index (χ4v) is 5.38. The number of carbonyl (C=O) groups excluding carboxylic acids is 2. The average molecular weight is 603 g/mol. The van der Waals surface area contributed by atoms with Crippen molar-refractivity contribution >= 4 is 46.3 Å². The van der Waals surface area contributed by atoms with Crippen molar-refractivity contribution in [2.24, 2.45) is 16.5 Å². The third kappa shape index (κ3) is 6.89. The number of amides is 2. The zero-order chi connectivity index (χ0) is 30.9. The molecule has 6 N–H and O–H groups in total. The fraction of sp³-hybridized carbons (Fsp3) is 0.323. The minimum absolute atomic E-state index is 0.0367. The first-order chi connectivity index (χ1) is 20.4. The number of nitrogens with one attached hydrogen (secondary N) is 2. The van der Waals surface area contributed by atoms with Gasteiger partial charge in [0.1, 0.15) is 17.1 Å². The first-order valence-corrected chi connectivity index (χ1v) is 14.4. The Kier molecular flexibility index (Phi) is 8.27. The van der Waals surface area contributed by atoms with Crippen LogP contribution in [0, 0.1) is 6.92 Å². The summed E-state index contributed by atoms with van der Waals surface area (Å²) in [6.07, 6.45) is 7.07. The molecular formula is C31H35ClN8O3. The Morgan fingerprint density at radius 3 is 2.56 bits per heavy atom. The summed E-state index contributed by atoms with van der Waals surface area (Å²) < 4.78 is 7.21. The van der Waals surface area contributed by atoms with Gasteiger partial charge in [-0.1, -0.05) is 23.7 Å². The molecule has 0 radical (unpaired) electrons. The van der Waals surface area contributed by atoms with Crippen LogP contribution in [0.5, 0.6) is 0 Å². The molecule has 0 unspecified atom stereocenters. The minimum atomic E-state index is -0.584. The van der Waals surface area contributed by atoms with Gasteiger partial charge in [-0.05, 0) is 76.8 Å². The number of alkyl carbamates (subject to hydrolysis) is 1. The van der Waals surface area contributed by atoms with Gasteiger partial charge >= 0.3 is 6.09 Å². The van der Waals surface area contributed by atoms with Gasteiger partial charge in [0.15, 0.2) is 0 Å². The number of anilines is 1. The smallest absolute Gasteiger partial charge is 0.407 e. The molecule has 3 heterocycles. The van der Waals surface area contributed by atoms with E-state index >= 15 is 0 Å². The fourth-order valence-electron chi connectivity index (χ4n) is 5.20. The molecule has 2 atom stereocenters. The molecule has 224 valence electrons. The Labute approximate surface area is 254 Å². The lowest BCUT2D eigenvalue weighted by atomic mass is 10.0. The van der Waals surface area contributed by atoms with E-state index in [4.69, 9.17) is 27.8 Å². The van der Waals surface area contributed by atoms with Crippen LogP contribution in [0.25, 0.3) is 16.6 Å². The van der Waals surface area contributed by atoms with E-state index in [0.717, 1.165) is 40.7 Å². The number of halogens is 1. The quantitative estimate of drug-likeness (QED) is 0.164. The Bertz CT molecular complexity index is 1730. The Balaban J connectivity index is 1.51. The van der Waals surface area contributed by atoms with Gasteiger partial charge in [0.05, 0.1) is 33.7 Å². The topological polar surface area (TPSA) is 162 Å². The molecule has 0 bridgehead atoms. The number of rotatable bonds is 7. The largest absolute Gasteiger partial charge is 0.444 e. The second-order valence-electron chi connectivity index (χ2n) is 11.7. The Morgan fingerprint density at radius 2 is 1.86 bits per heavy atom. The number of pyridine rings is 1. The molecule has 4 aromatic rings. The van der Waals surface area contributed by atoms with Crippen molar-refractivity contribution in [2.45, 2.75) is 64.6 Å². The first-order valence-electron chi connectivity index (χ1n) is 14.0. The molecule has 11 nitrogen and oxygen atoms in total. The van der Waals surface area contributed by atoms with Crippen molar-refractivity contribution in [3.63, 3.8) is 0 Å². The number of carbonyl (C=O) groups is 2. The Morgan fingerprint density at radius 1 is 1.12 bits per heavy atom. The van der Waals surface area contributed by atoms with Gasteiger partial charge in [0.2, 0.25) is 0 Å².